The van der Waals surface area contributed by atoms with E-state index in [0.717, 1.165) is 18.1 Å². The largest absolute Gasteiger partial charge is 0.423 e. The maximum Gasteiger partial charge on any atom is 0.344 e. The van der Waals surface area contributed by atoms with Gasteiger partial charge in [-0.15, -0.1) is 0 Å². The Morgan fingerprint density at radius 3 is 2.30 bits per heavy atom. The van der Waals surface area contributed by atoms with Gasteiger partial charge in [-0.25, -0.2) is 4.79 Å². The number of benzene rings is 2. The van der Waals surface area contributed by atoms with Gasteiger partial charge in [0.15, 0.2) is 0 Å². The van der Waals surface area contributed by atoms with E-state index in [1.54, 1.807) is 12.1 Å². The lowest BCUT2D eigenvalue weighted by Crippen LogP contribution is -2.13. The molecule has 0 amide bonds. The third-order valence-electron chi connectivity index (χ3n) is 3.66. The standard InChI is InChI=1S/C17H18O5S/c1-3-12(2)13-8-10-14(11-9-13)22-17(18)15-6-4-5-7-16(15)23(19,20)21/h4-12H,3H2,1-2H3,(H,19,20,21). The molecule has 2 aromatic carbocycles. The first-order valence-electron chi connectivity index (χ1n) is 7.21. The van der Waals surface area contributed by atoms with Crippen LogP contribution < -0.4 is 4.74 Å². The van der Waals surface area contributed by atoms with Crippen molar-refractivity contribution in [1.82, 2.24) is 0 Å². The molecular weight excluding hydrogens is 316 g/mol. The Bertz CT molecular complexity index is 794. The summed E-state index contributed by atoms with van der Waals surface area (Å²) in [5.74, 6) is -0.123. The Hall–Kier alpha value is -2.18. The van der Waals surface area contributed by atoms with Gasteiger partial charge in [-0.1, -0.05) is 38.1 Å². The summed E-state index contributed by atoms with van der Waals surface area (Å²) in [6, 6.07) is 12.4. The van der Waals surface area contributed by atoms with Gasteiger partial charge in [-0.05, 0) is 42.2 Å². The molecule has 0 spiro atoms. The van der Waals surface area contributed by atoms with E-state index in [0.29, 0.717) is 11.7 Å². The van der Waals surface area contributed by atoms with E-state index in [2.05, 4.69) is 13.8 Å². The molecule has 0 heterocycles. The van der Waals surface area contributed by atoms with E-state index in [9.17, 15) is 17.8 Å². The van der Waals surface area contributed by atoms with E-state index < -0.39 is 21.0 Å². The zero-order valence-corrected chi connectivity index (χ0v) is 13.7. The molecule has 0 aliphatic rings. The molecular formula is C17H18O5S. The van der Waals surface area contributed by atoms with E-state index >= 15 is 0 Å². The molecule has 5 nitrogen and oxygen atoms in total. The zero-order chi connectivity index (χ0) is 17.0. The average Bonchev–Trinajstić information content (AvgIpc) is 2.54. The van der Waals surface area contributed by atoms with Crippen molar-refractivity contribution in [1.29, 1.82) is 0 Å². The van der Waals surface area contributed by atoms with Gasteiger partial charge in [0.1, 0.15) is 10.6 Å². The molecule has 122 valence electrons. The number of esters is 1. The van der Waals surface area contributed by atoms with Crippen LogP contribution in [-0.4, -0.2) is 18.9 Å². The fraction of sp³-hybridized carbons (Fsp3) is 0.235. The summed E-state index contributed by atoms with van der Waals surface area (Å²) in [7, 11) is -4.49. The fourth-order valence-corrected chi connectivity index (χ4v) is 2.80. The predicted octanol–water partition coefficient (Wildman–Crippen LogP) is 3.67. The smallest absolute Gasteiger partial charge is 0.344 e. The molecule has 0 aliphatic carbocycles. The summed E-state index contributed by atoms with van der Waals surface area (Å²) in [5, 5.41) is 0. The van der Waals surface area contributed by atoms with Crippen molar-refractivity contribution < 1.29 is 22.5 Å². The van der Waals surface area contributed by atoms with Crippen LogP contribution in [0.5, 0.6) is 5.75 Å². The molecule has 6 heteroatoms. The van der Waals surface area contributed by atoms with Gasteiger partial charge >= 0.3 is 5.97 Å². The minimum absolute atomic E-state index is 0.207. The van der Waals surface area contributed by atoms with Crippen LogP contribution >= 0.6 is 0 Å². The van der Waals surface area contributed by atoms with Crippen LogP contribution in [-0.2, 0) is 10.1 Å². The van der Waals surface area contributed by atoms with Crippen LogP contribution in [0.3, 0.4) is 0 Å². The van der Waals surface area contributed by atoms with Crippen LogP contribution in [0.1, 0.15) is 42.1 Å². The van der Waals surface area contributed by atoms with Gasteiger partial charge in [-0.3, -0.25) is 4.55 Å². The first-order chi connectivity index (χ1) is 10.8. The normalized spacial score (nSPS) is 12.7. The minimum atomic E-state index is -4.49. The van der Waals surface area contributed by atoms with Crippen molar-refractivity contribution >= 4 is 16.1 Å². The van der Waals surface area contributed by atoms with E-state index in [4.69, 9.17) is 4.74 Å². The number of hydrogen-bond donors (Lipinski definition) is 1. The maximum atomic E-state index is 12.2. The summed E-state index contributed by atoms with van der Waals surface area (Å²) < 4.78 is 37.0. The molecule has 1 unspecified atom stereocenters. The van der Waals surface area contributed by atoms with Crippen LogP contribution in [0.15, 0.2) is 53.4 Å². The predicted molar refractivity (Wildman–Crippen MR) is 86.4 cm³/mol. The van der Waals surface area contributed by atoms with E-state index in [1.807, 2.05) is 12.1 Å². The molecule has 23 heavy (non-hydrogen) atoms. The highest BCUT2D eigenvalue weighted by Crippen LogP contribution is 2.23. The van der Waals surface area contributed by atoms with Crippen molar-refractivity contribution in [2.45, 2.75) is 31.1 Å². The topological polar surface area (TPSA) is 80.7 Å². The Kier molecular flexibility index (Phi) is 5.18. The molecule has 2 rings (SSSR count). The average molecular weight is 334 g/mol. The van der Waals surface area contributed by atoms with Crippen molar-refractivity contribution in [3.05, 3.63) is 59.7 Å². The molecule has 1 N–H and O–H groups in total. The lowest BCUT2D eigenvalue weighted by molar-refractivity contribution is 0.0730. The molecule has 0 saturated heterocycles. The van der Waals surface area contributed by atoms with Crippen LogP contribution in [0.2, 0.25) is 0 Å². The first-order valence-corrected chi connectivity index (χ1v) is 8.65. The third kappa shape index (κ3) is 4.18. The van der Waals surface area contributed by atoms with Crippen molar-refractivity contribution in [3.8, 4) is 5.75 Å². The Morgan fingerprint density at radius 1 is 1.13 bits per heavy atom. The molecule has 0 saturated carbocycles. The monoisotopic (exact) mass is 334 g/mol. The second kappa shape index (κ2) is 6.93. The number of ether oxygens (including phenoxy) is 1. The zero-order valence-electron chi connectivity index (χ0n) is 12.9. The molecule has 0 bridgehead atoms. The summed E-state index contributed by atoms with van der Waals surface area (Å²) in [6.45, 7) is 4.19. The lowest BCUT2D eigenvalue weighted by Gasteiger charge is -2.10. The van der Waals surface area contributed by atoms with Gasteiger partial charge in [0, 0.05) is 0 Å². The van der Waals surface area contributed by atoms with E-state index in [-0.39, 0.29) is 5.56 Å². The van der Waals surface area contributed by atoms with Gasteiger partial charge in [0.2, 0.25) is 0 Å². The highest BCUT2D eigenvalue weighted by molar-refractivity contribution is 7.86. The molecule has 0 radical (unpaired) electrons. The maximum absolute atomic E-state index is 12.2. The summed E-state index contributed by atoms with van der Waals surface area (Å²) in [4.78, 5) is 11.7. The second-order valence-electron chi connectivity index (χ2n) is 5.24. The lowest BCUT2D eigenvalue weighted by atomic mass is 9.99. The number of carbonyl (C=O) groups excluding carboxylic acids is 1. The minimum Gasteiger partial charge on any atom is -0.423 e. The Morgan fingerprint density at radius 2 is 1.74 bits per heavy atom. The number of rotatable bonds is 5. The quantitative estimate of drug-likeness (QED) is 0.513. The SMILES string of the molecule is CCC(C)c1ccc(OC(=O)c2ccccc2S(=O)(=O)O)cc1. The molecule has 2 aromatic rings. The molecule has 1 atom stereocenters. The highest BCUT2D eigenvalue weighted by Gasteiger charge is 2.21. The summed E-state index contributed by atoms with van der Waals surface area (Å²) >= 11 is 0. The van der Waals surface area contributed by atoms with E-state index in [1.165, 1.54) is 18.2 Å². The molecule has 0 fully saturated rings. The molecule has 0 aromatic heterocycles. The third-order valence-corrected chi connectivity index (χ3v) is 4.57. The highest BCUT2D eigenvalue weighted by atomic mass is 32.2. The molecule has 0 aliphatic heterocycles. The van der Waals surface area contributed by atoms with Crippen LogP contribution in [0.4, 0.5) is 0 Å². The van der Waals surface area contributed by atoms with Gasteiger partial charge in [-0.2, -0.15) is 8.42 Å². The van der Waals surface area contributed by atoms with Crippen LogP contribution in [0.25, 0.3) is 0 Å². The number of carbonyl (C=O) groups is 1. The van der Waals surface area contributed by atoms with Crippen LogP contribution in [0, 0.1) is 0 Å². The van der Waals surface area contributed by atoms with Gasteiger partial charge < -0.3 is 4.74 Å². The van der Waals surface area contributed by atoms with Gasteiger partial charge in [0.25, 0.3) is 10.1 Å². The Labute approximate surface area is 135 Å². The first kappa shape index (κ1) is 17.2. The summed E-state index contributed by atoms with van der Waals surface area (Å²) in [6.07, 6.45) is 1.00. The summed E-state index contributed by atoms with van der Waals surface area (Å²) in [5.41, 5.74) is 0.923. The Balaban J connectivity index is 2.23. The van der Waals surface area contributed by atoms with Crippen molar-refractivity contribution in [2.24, 2.45) is 0 Å². The second-order valence-corrected chi connectivity index (χ2v) is 6.63. The van der Waals surface area contributed by atoms with Gasteiger partial charge in [0.05, 0.1) is 5.56 Å². The van der Waals surface area contributed by atoms with Crippen molar-refractivity contribution in [2.75, 3.05) is 0 Å². The fourth-order valence-electron chi connectivity index (χ4n) is 2.12. The number of hydrogen-bond acceptors (Lipinski definition) is 4. The van der Waals surface area contributed by atoms with Crippen molar-refractivity contribution in [3.63, 3.8) is 0 Å².